The summed E-state index contributed by atoms with van der Waals surface area (Å²) in [6.07, 6.45) is 3.60. The number of amides is 1. The smallest absolute Gasteiger partial charge is 0.253 e. The SMILES string of the molecule is C=Cc1ccc(C(Cl)c2ccc(C(=O)N(CC)CC)cc2)cc1C=C. The van der Waals surface area contributed by atoms with Crippen LogP contribution in [0.25, 0.3) is 12.2 Å². The maximum absolute atomic E-state index is 12.4. The van der Waals surface area contributed by atoms with Crippen molar-refractivity contribution < 1.29 is 4.79 Å². The van der Waals surface area contributed by atoms with Gasteiger partial charge in [-0.05, 0) is 54.3 Å². The normalized spacial score (nSPS) is 11.6. The first-order valence-corrected chi connectivity index (χ1v) is 8.91. The van der Waals surface area contributed by atoms with Gasteiger partial charge in [-0.15, -0.1) is 11.6 Å². The van der Waals surface area contributed by atoms with Crippen molar-refractivity contribution in [2.75, 3.05) is 13.1 Å². The van der Waals surface area contributed by atoms with E-state index < -0.39 is 0 Å². The van der Waals surface area contributed by atoms with E-state index in [0.29, 0.717) is 18.7 Å². The van der Waals surface area contributed by atoms with Crippen LogP contribution in [0.2, 0.25) is 0 Å². The van der Waals surface area contributed by atoms with Crippen LogP contribution < -0.4 is 0 Å². The third-order valence-electron chi connectivity index (χ3n) is 4.34. The number of alkyl halides is 1. The highest BCUT2D eigenvalue weighted by molar-refractivity contribution is 6.22. The van der Waals surface area contributed by atoms with Crippen molar-refractivity contribution in [2.24, 2.45) is 0 Å². The first-order chi connectivity index (χ1) is 12.0. The second kappa shape index (κ2) is 8.68. The third kappa shape index (κ3) is 4.21. The van der Waals surface area contributed by atoms with E-state index in [-0.39, 0.29) is 11.3 Å². The molecule has 0 bridgehead atoms. The van der Waals surface area contributed by atoms with Gasteiger partial charge in [0.2, 0.25) is 0 Å². The highest BCUT2D eigenvalue weighted by Gasteiger charge is 2.15. The Balaban J connectivity index is 2.26. The minimum Gasteiger partial charge on any atom is -0.339 e. The second-order valence-corrected chi connectivity index (χ2v) is 6.20. The Morgan fingerprint density at radius 3 is 2.08 bits per heavy atom. The molecular formula is C22H24ClNO. The molecule has 2 aromatic carbocycles. The molecule has 0 aliphatic rings. The Morgan fingerprint density at radius 1 is 1.00 bits per heavy atom. The summed E-state index contributed by atoms with van der Waals surface area (Å²) < 4.78 is 0. The van der Waals surface area contributed by atoms with Crippen molar-refractivity contribution in [3.8, 4) is 0 Å². The molecular weight excluding hydrogens is 330 g/mol. The molecule has 0 aliphatic carbocycles. The molecule has 2 nitrogen and oxygen atoms in total. The fourth-order valence-corrected chi connectivity index (χ4v) is 3.08. The molecule has 0 fully saturated rings. The molecule has 25 heavy (non-hydrogen) atoms. The molecule has 1 unspecified atom stereocenters. The summed E-state index contributed by atoms with van der Waals surface area (Å²) in [7, 11) is 0. The average molecular weight is 354 g/mol. The molecule has 0 N–H and O–H groups in total. The molecule has 130 valence electrons. The number of hydrogen-bond acceptors (Lipinski definition) is 1. The van der Waals surface area contributed by atoms with Crippen molar-refractivity contribution in [1.29, 1.82) is 0 Å². The van der Waals surface area contributed by atoms with E-state index in [0.717, 1.165) is 22.3 Å². The van der Waals surface area contributed by atoms with Crippen molar-refractivity contribution in [1.82, 2.24) is 4.90 Å². The number of nitrogens with zero attached hydrogens (tertiary/aromatic N) is 1. The molecule has 0 heterocycles. The Bertz CT molecular complexity index is 760. The fourth-order valence-electron chi connectivity index (χ4n) is 2.79. The number of halogens is 1. The van der Waals surface area contributed by atoms with Crippen LogP contribution in [0.15, 0.2) is 55.6 Å². The lowest BCUT2D eigenvalue weighted by Gasteiger charge is -2.19. The van der Waals surface area contributed by atoms with Crippen LogP contribution in [0.5, 0.6) is 0 Å². The van der Waals surface area contributed by atoms with Gasteiger partial charge < -0.3 is 4.90 Å². The summed E-state index contributed by atoms with van der Waals surface area (Å²) in [5.41, 5.74) is 4.67. The zero-order valence-corrected chi connectivity index (χ0v) is 15.6. The van der Waals surface area contributed by atoms with Crippen molar-refractivity contribution in [3.05, 3.63) is 83.4 Å². The first-order valence-electron chi connectivity index (χ1n) is 8.47. The summed E-state index contributed by atoms with van der Waals surface area (Å²) in [4.78, 5) is 14.2. The summed E-state index contributed by atoms with van der Waals surface area (Å²) in [6.45, 7) is 13.0. The topological polar surface area (TPSA) is 20.3 Å². The van der Waals surface area contributed by atoms with Crippen molar-refractivity contribution in [3.63, 3.8) is 0 Å². The third-order valence-corrected chi connectivity index (χ3v) is 4.85. The van der Waals surface area contributed by atoms with Crippen LogP contribution in [0.1, 0.15) is 51.8 Å². The number of carbonyl (C=O) groups is 1. The van der Waals surface area contributed by atoms with Gasteiger partial charge in [-0.2, -0.15) is 0 Å². The van der Waals surface area contributed by atoms with Crippen LogP contribution in [-0.2, 0) is 0 Å². The molecule has 1 amide bonds. The highest BCUT2D eigenvalue weighted by atomic mass is 35.5. The molecule has 0 saturated carbocycles. The number of rotatable bonds is 7. The van der Waals surface area contributed by atoms with Crippen molar-refractivity contribution in [2.45, 2.75) is 19.2 Å². The minimum absolute atomic E-state index is 0.0481. The molecule has 0 radical (unpaired) electrons. The maximum Gasteiger partial charge on any atom is 0.253 e. The molecule has 1 atom stereocenters. The van der Waals surface area contributed by atoms with E-state index in [4.69, 9.17) is 11.6 Å². The van der Waals surface area contributed by atoms with E-state index in [1.165, 1.54) is 0 Å². The van der Waals surface area contributed by atoms with Crippen LogP contribution in [-0.4, -0.2) is 23.9 Å². The lowest BCUT2D eigenvalue weighted by atomic mass is 9.98. The Labute approximate surface area is 155 Å². The van der Waals surface area contributed by atoms with Gasteiger partial charge in [0.15, 0.2) is 0 Å². The quantitative estimate of drug-likeness (QED) is 0.577. The number of hydrogen-bond donors (Lipinski definition) is 0. The molecule has 2 rings (SSSR count). The molecule has 3 heteroatoms. The van der Waals surface area contributed by atoms with Gasteiger partial charge >= 0.3 is 0 Å². The zero-order chi connectivity index (χ0) is 18.4. The lowest BCUT2D eigenvalue weighted by molar-refractivity contribution is 0.0773. The predicted molar refractivity (Wildman–Crippen MR) is 108 cm³/mol. The average Bonchev–Trinajstić information content (AvgIpc) is 2.67. The maximum atomic E-state index is 12.4. The monoisotopic (exact) mass is 353 g/mol. The summed E-state index contributed by atoms with van der Waals surface area (Å²) in [5, 5.41) is -0.282. The Morgan fingerprint density at radius 2 is 1.56 bits per heavy atom. The fraction of sp³-hybridized carbons (Fsp3) is 0.227. The molecule has 0 aliphatic heterocycles. The standard InChI is InChI=1S/C22H24ClNO/c1-5-16-9-14-20(15-17(16)6-2)21(23)18-10-12-19(13-11-18)22(25)24(7-3)8-4/h5-6,9-15,21H,1-2,7-8H2,3-4H3. The highest BCUT2D eigenvalue weighted by Crippen LogP contribution is 2.31. The summed E-state index contributed by atoms with van der Waals surface area (Å²) in [5.74, 6) is 0.0481. The number of carbonyl (C=O) groups excluding carboxylic acids is 1. The van der Waals surface area contributed by atoms with E-state index in [1.807, 2.05) is 56.3 Å². The van der Waals surface area contributed by atoms with Crippen LogP contribution in [0.3, 0.4) is 0 Å². The zero-order valence-electron chi connectivity index (χ0n) is 14.8. The van der Waals surface area contributed by atoms with Gasteiger partial charge in [-0.25, -0.2) is 0 Å². The molecule has 0 saturated heterocycles. The van der Waals surface area contributed by atoms with E-state index in [9.17, 15) is 4.79 Å². The number of benzene rings is 2. The Hall–Kier alpha value is -2.32. The molecule has 0 aromatic heterocycles. The van der Waals surface area contributed by atoms with Gasteiger partial charge in [0, 0.05) is 18.7 Å². The van der Waals surface area contributed by atoms with Gasteiger partial charge in [-0.3, -0.25) is 4.79 Å². The van der Waals surface area contributed by atoms with Crippen LogP contribution >= 0.6 is 11.6 Å². The van der Waals surface area contributed by atoms with Gasteiger partial charge in [0.25, 0.3) is 5.91 Å². The van der Waals surface area contributed by atoms with Gasteiger partial charge in [0.1, 0.15) is 0 Å². The van der Waals surface area contributed by atoms with Crippen molar-refractivity contribution >= 4 is 29.7 Å². The summed E-state index contributed by atoms with van der Waals surface area (Å²) in [6, 6.07) is 13.5. The van der Waals surface area contributed by atoms with E-state index >= 15 is 0 Å². The first kappa shape index (κ1) is 19.0. The van der Waals surface area contributed by atoms with Crippen LogP contribution in [0.4, 0.5) is 0 Å². The minimum atomic E-state index is -0.282. The lowest BCUT2D eigenvalue weighted by Crippen LogP contribution is -2.30. The van der Waals surface area contributed by atoms with Gasteiger partial charge in [0.05, 0.1) is 5.38 Å². The predicted octanol–water partition coefficient (Wildman–Crippen LogP) is 5.78. The Kier molecular flexibility index (Phi) is 6.60. The van der Waals surface area contributed by atoms with E-state index in [2.05, 4.69) is 13.2 Å². The molecule has 0 spiro atoms. The van der Waals surface area contributed by atoms with Gasteiger partial charge in [-0.1, -0.05) is 49.6 Å². The van der Waals surface area contributed by atoms with Crippen LogP contribution in [0, 0.1) is 0 Å². The second-order valence-electron chi connectivity index (χ2n) is 5.76. The summed E-state index contributed by atoms with van der Waals surface area (Å²) >= 11 is 6.65. The largest absolute Gasteiger partial charge is 0.339 e. The molecule has 2 aromatic rings. The van der Waals surface area contributed by atoms with E-state index in [1.54, 1.807) is 17.1 Å².